The Hall–Kier alpha value is -0.990. The van der Waals surface area contributed by atoms with E-state index in [0.717, 1.165) is 23.9 Å². The average molecular weight is 249 g/mol. The van der Waals surface area contributed by atoms with E-state index in [0.29, 0.717) is 5.92 Å². The van der Waals surface area contributed by atoms with Gasteiger partial charge in [-0.05, 0) is 6.42 Å². The highest BCUT2D eigenvalue weighted by Crippen LogP contribution is 2.27. The number of nitrogens with zero attached hydrogens (tertiary/aromatic N) is 3. The van der Waals surface area contributed by atoms with Crippen LogP contribution in [0, 0.1) is 0 Å². The quantitative estimate of drug-likeness (QED) is 0.813. The van der Waals surface area contributed by atoms with Gasteiger partial charge < -0.3 is 0 Å². The Balaban J connectivity index is 3.41. The van der Waals surface area contributed by atoms with Gasteiger partial charge in [0.15, 0.2) is 0 Å². The van der Waals surface area contributed by atoms with Crippen LogP contribution in [0.4, 0.5) is 0 Å². The van der Waals surface area contributed by atoms with Crippen LogP contribution >= 0.6 is 0 Å². The van der Waals surface area contributed by atoms with Gasteiger partial charge in [0.05, 0.1) is 0 Å². The molecule has 0 atom stereocenters. The predicted molar refractivity (Wildman–Crippen MR) is 75.9 cm³/mol. The molecule has 18 heavy (non-hydrogen) atoms. The summed E-state index contributed by atoms with van der Waals surface area (Å²) in [5.41, 5.74) is -0.0300. The summed E-state index contributed by atoms with van der Waals surface area (Å²) in [4.78, 5) is 14.0. The Morgan fingerprint density at radius 1 is 0.889 bits per heavy atom. The molecule has 0 aliphatic carbocycles. The fourth-order valence-electron chi connectivity index (χ4n) is 1.45. The lowest BCUT2D eigenvalue weighted by Crippen LogP contribution is -2.26. The monoisotopic (exact) mass is 249 g/mol. The minimum atomic E-state index is -0.0366. The second-order valence-corrected chi connectivity index (χ2v) is 6.98. The highest BCUT2D eigenvalue weighted by molar-refractivity contribution is 5.12. The van der Waals surface area contributed by atoms with Crippen LogP contribution in [0.1, 0.15) is 85.2 Å². The maximum absolute atomic E-state index is 4.71. The van der Waals surface area contributed by atoms with E-state index in [1.54, 1.807) is 0 Å². The van der Waals surface area contributed by atoms with Gasteiger partial charge in [0.2, 0.25) is 0 Å². The summed E-state index contributed by atoms with van der Waals surface area (Å²) in [7, 11) is 0. The second-order valence-electron chi connectivity index (χ2n) is 6.98. The minimum absolute atomic E-state index is 0.00653. The molecule has 1 rings (SSSR count). The van der Waals surface area contributed by atoms with Gasteiger partial charge in [0.25, 0.3) is 0 Å². The Bertz CT molecular complexity index is 414. The summed E-state index contributed by atoms with van der Waals surface area (Å²) in [5.74, 6) is 3.07. The minimum Gasteiger partial charge on any atom is -0.217 e. The summed E-state index contributed by atoms with van der Waals surface area (Å²) < 4.78 is 0. The summed E-state index contributed by atoms with van der Waals surface area (Å²) in [6.07, 6.45) is 1.03. The standard InChI is InChI=1S/C15H27N3/c1-9-15(7,8)13-17-11(10(2)3)16-12(18-13)14(4,5)6/h10H,9H2,1-8H3. The van der Waals surface area contributed by atoms with Crippen LogP contribution in [-0.4, -0.2) is 15.0 Å². The van der Waals surface area contributed by atoms with Crippen LogP contribution in [0.2, 0.25) is 0 Å². The third kappa shape index (κ3) is 3.27. The first-order chi connectivity index (χ1) is 8.08. The zero-order valence-electron chi connectivity index (χ0n) is 13.1. The maximum atomic E-state index is 4.71. The van der Waals surface area contributed by atoms with E-state index >= 15 is 0 Å². The molecule has 0 saturated carbocycles. The third-order valence-corrected chi connectivity index (χ3v) is 3.33. The van der Waals surface area contributed by atoms with Gasteiger partial charge in [-0.25, -0.2) is 15.0 Å². The molecule has 3 nitrogen and oxygen atoms in total. The van der Waals surface area contributed by atoms with E-state index in [1.807, 2.05) is 0 Å². The maximum Gasteiger partial charge on any atom is 0.138 e. The molecule has 0 spiro atoms. The number of hydrogen-bond acceptors (Lipinski definition) is 3. The third-order valence-electron chi connectivity index (χ3n) is 3.33. The molecule has 102 valence electrons. The molecule has 0 aliphatic rings. The van der Waals surface area contributed by atoms with Gasteiger partial charge in [-0.1, -0.05) is 55.4 Å². The van der Waals surface area contributed by atoms with E-state index < -0.39 is 0 Å². The zero-order chi connectivity index (χ0) is 14.1. The fourth-order valence-corrected chi connectivity index (χ4v) is 1.45. The second kappa shape index (κ2) is 4.94. The van der Waals surface area contributed by atoms with Gasteiger partial charge in [-0.3, -0.25) is 0 Å². The molecule has 0 N–H and O–H groups in total. The molecule has 0 unspecified atom stereocenters. The lowest BCUT2D eigenvalue weighted by Gasteiger charge is -2.25. The van der Waals surface area contributed by atoms with Gasteiger partial charge in [0.1, 0.15) is 17.5 Å². The fraction of sp³-hybridized carbons (Fsp3) is 0.800. The van der Waals surface area contributed by atoms with Crippen LogP contribution in [0.3, 0.4) is 0 Å². The average Bonchev–Trinajstić information content (AvgIpc) is 2.27. The highest BCUT2D eigenvalue weighted by Gasteiger charge is 2.27. The van der Waals surface area contributed by atoms with Crippen molar-refractivity contribution in [2.24, 2.45) is 0 Å². The van der Waals surface area contributed by atoms with Crippen LogP contribution in [-0.2, 0) is 10.8 Å². The van der Waals surface area contributed by atoms with Crippen molar-refractivity contribution in [2.45, 2.75) is 78.6 Å². The van der Waals surface area contributed by atoms with Crippen LogP contribution in [0.5, 0.6) is 0 Å². The van der Waals surface area contributed by atoms with Crippen molar-refractivity contribution in [3.8, 4) is 0 Å². The SMILES string of the molecule is CCC(C)(C)c1nc(C(C)C)nc(C(C)(C)C)n1. The largest absolute Gasteiger partial charge is 0.217 e. The summed E-state index contributed by atoms with van der Waals surface area (Å²) in [5, 5.41) is 0. The molecular formula is C15H27N3. The molecule has 0 aromatic carbocycles. The molecular weight excluding hydrogens is 222 g/mol. The van der Waals surface area contributed by atoms with E-state index in [-0.39, 0.29) is 10.8 Å². The Labute approximate surface area is 111 Å². The van der Waals surface area contributed by atoms with Crippen molar-refractivity contribution in [3.05, 3.63) is 17.5 Å². The normalized spacial score (nSPS) is 13.2. The van der Waals surface area contributed by atoms with Gasteiger partial charge in [-0.2, -0.15) is 0 Å². The molecule has 1 aromatic rings. The molecule has 0 aliphatic heterocycles. The van der Waals surface area contributed by atoms with Gasteiger partial charge in [-0.15, -0.1) is 0 Å². The zero-order valence-corrected chi connectivity index (χ0v) is 13.1. The first-order valence-corrected chi connectivity index (χ1v) is 6.85. The summed E-state index contributed by atoms with van der Waals surface area (Å²) >= 11 is 0. The highest BCUT2D eigenvalue weighted by atomic mass is 15.1. The molecule has 0 amide bonds. The summed E-state index contributed by atoms with van der Waals surface area (Å²) in [6, 6.07) is 0. The number of aromatic nitrogens is 3. The van der Waals surface area contributed by atoms with Crippen LogP contribution in [0.25, 0.3) is 0 Å². The first-order valence-electron chi connectivity index (χ1n) is 6.85. The Morgan fingerprint density at radius 3 is 1.78 bits per heavy atom. The molecule has 1 heterocycles. The molecule has 0 radical (unpaired) electrons. The molecule has 0 saturated heterocycles. The lowest BCUT2D eigenvalue weighted by molar-refractivity contribution is 0.444. The Morgan fingerprint density at radius 2 is 1.39 bits per heavy atom. The number of hydrogen-bond donors (Lipinski definition) is 0. The topological polar surface area (TPSA) is 38.7 Å². The smallest absolute Gasteiger partial charge is 0.138 e. The first kappa shape index (κ1) is 15.1. The van der Waals surface area contributed by atoms with E-state index in [4.69, 9.17) is 4.98 Å². The van der Waals surface area contributed by atoms with Crippen molar-refractivity contribution in [1.29, 1.82) is 0 Å². The van der Waals surface area contributed by atoms with E-state index in [1.165, 1.54) is 0 Å². The van der Waals surface area contributed by atoms with E-state index in [2.05, 4.69) is 65.4 Å². The van der Waals surface area contributed by atoms with Crippen molar-refractivity contribution in [3.63, 3.8) is 0 Å². The molecule has 3 heteroatoms. The van der Waals surface area contributed by atoms with E-state index in [9.17, 15) is 0 Å². The molecule has 1 aromatic heterocycles. The summed E-state index contributed by atoms with van der Waals surface area (Å²) in [6.45, 7) is 17.3. The van der Waals surface area contributed by atoms with Crippen molar-refractivity contribution < 1.29 is 0 Å². The van der Waals surface area contributed by atoms with Crippen molar-refractivity contribution in [2.75, 3.05) is 0 Å². The molecule has 0 fully saturated rings. The Kier molecular flexibility index (Phi) is 4.14. The predicted octanol–water partition coefficient (Wildman–Crippen LogP) is 3.98. The lowest BCUT2D eigenvalue weighted by atomic mass is 9.88. The van der Waals surface area contributed by atoms with Crippen LogP contribution < -0.4 is 0 Å². The van der Waals surface area contributed by atoms with Gasteiger partial charge >= 0.3 is 0 Å². The van der Waals surface area contributed by atoms with Crippen LogP contribution in [0.15, 0.2) is 0 Å². The van der Waals surface area contributed by atoms with Crippen molar-refractivity contribution >= 4 is 0 Å². The molecule has 0 bridgehead atoms. The van der Waals surface area contributed by atoms with Crippen molar-refractivity contribution in [1.82, 2.24) is 15.0 Å². The van der Waals surface area contributed by atoms with Gasteiger partial charge in [0, 0.05) is 16.7 Å². The number of rotatable bonds is 3.